The van der Waals surface area contributed by atoms with Crippen molar-refractivity contribution in [2.75, 3.05) is 39.3 Å². The van der Waals surface area contributed by atoms with E-state index in [1.54, 1.807) is 24.5 Å². The van der Waals surface area contributed by atoms with E-state index in [1.807, 2.05) is 12.1 Å². The molecule has 1 aromatic carbocycles. The highest BCUT2D eigenvalue weighted by Gasteiger charge is 2.28. The molecule has 3 heterocycles. The summed E-state index contributed by atoms with van der Waals surface area (Å²) in [5.74, 6) is 0.781. The molecule has 2 saturated heterocycles. The molecule has 1 unspecified atom stereocenters. The molecule has 4 rings (SSSR count). The predicted octanol–water partition coefficient (Wildman–Crippen LogP) is 2.67. The zero-order chi connectivity index (χ0) is 21.0. The van der Waals surface area contributed by atoms with E-state index in [1.165, 1.54) is 23.2 Å². The van der Waals surface area contributed by atoms with E-state index in [0.29, 0.717) is 25.2 Å². The van der Waals surface area contributed by atoms with Gasteiger partial charge in [0, 0.05) is 25.2 Å². The van der Waals surface area contributed by atoms with Crippen molar-refractivity contribution >= 4 is 15.8 Å². The number of furan rings is 1. The molecule has 0 amide bonds. The molecule has 0 saturated carbocycles. The van der Waals surface area contributed by atoms with Crippen LogP contribution in [0.4, 0.5) is 0 Å². The molecule has 7 nitrogen and oxygen atoms in total. The summed E-state index contributed by atoms with van der Waals surface area (Å²) in [4.78, 5) is 15.3. The zero-order valence-electron chi connectivity index (χ0n) is 17.1. The lowest BCUT2D eigenvalue weighted by atomic mass is 10.1. The fourth-order valence-electron chi connectivity index (χ4n) is 4.28. The Labute approximate surface area is 178 Å². The standard InChI is InChI=1S/C22H29N3O4S/c26-21(17-23-16-20(22-9-6-14-29-22)24-10-1-2-11-24)18-7-5-8-19(15-18)30(27,28)25-12-3-4-13-25/h5-9,14-15,20,23H,1-4,10-13,16-17H2. The number of carbonyl (C=O) groups excluding carboxylic acids is 1. The van der Waals surface area contributed by atoms with Crippen molar-refractivity contribution in [1.29, 1.82) is 0 Å². The highest BCUT2D eigenvalue weighted by atomic mass is 32.2. The van der Waals surface area contributed by atoms with Gasteiger partial charge >= 0.3 is 0 Å². The van der Waals surface area contributed by atoms with Crippen LogP contribution in [0.3, 0.4) is 0 Å². The molecule has 1 atom stereocenters. The maximum atomic E-state index is 12.8. The molecule has 2 aromatic rings. The Balaban J connectivity index is 1.39. The Hall–Kier alpha value is -2.00. The van der Waals surface area contributed by atoms with Gasteiger partial charge in [-0.25, -0.2) is 8.42 Å². The lowest BCUT2D eigenvalue weighted by Crippen LogP contribution is -2.36. The number of rotatable bonds is 9. The van der Waals surface area contributed by atoms with Crippen molar-refractivity contribution in [1.82, 2.24) is 14.5 Å². The first kappa shape index (κ1) is 21.2. The maximum Gasteiger partial charge on any atom is 0.243 e. The van der Waals surface area contributed by atoms with Crippen LogP contribution in [-0.4, -0.2) is 62.7 Å². The largest absolute Gasteiger partial charge is 0.468 e. The second-order valence-corrected chi connectivity index (χ2v) is 9.91. The molecular formula is C22H29N3O4S. The summed E-state index contributed by atoms with van der Waals surface area (Å²) in [5.41, 5.74) is 0.415. The van der Waals surface area contributed by atoms with E-state index >= 15 is 0 Å². The highest BCUT2D eigenvalue weighted by Crippen LogP contribution is 2.25. The Kier molecular flexibility index (Phi) is 6.67. The monoisotopic (exact) mass is 431 g/mol. The summed E-state index contributed by atoms with van der Waals surface area (Å²) < 4.78 is 32.7. The summed E-state index contributed by atoms with van der Waals surface area (Å²) in [7, 11) is -3.53. The molecule has 2 aliphatic rings. The molecule has 2 fully saturated rings. The van der Waals surface area contributed by atoms with Crippen LogP contribution in [-0.2, 0) is 10.0 Å². The number of hydrogen-bond donors (Lipinski definition) is 1. The minimum absolute atomic E-state index is 0.0946. The van der Waals surface area contributed by atoms with Gasteiger partial charge in [-0.2, -0.15) is 4.31 Å². The van der Waals surface area contributed by atoms with E-state index in [-0.39, 0.29) is 23.3 Å². The Morgan fingerprint density at radius 1 is 1.03 bits per heavy atom. The summed E-state index contributed by atoms with van der Waals surface area (Å²) in [6.07, 6.45) is 5.80. The third-order valence-corrected chi connectivity index (χ3v) is 7.83. The number of hydrogen-bond acceptors (Lipinski definition) is 6. The molecule has 0 bridgehead atoms. The van der Waals surface area contributed by atoms with Gasteiger partial charge in [0.05, 0.1) is 23.7 Å². The van der Waals surface area contributed by atoms with Gasteiger partial charge in [-0.15, -0.1) is 0 Å². The lowest BCUT2D eigenvalue weighted by molar-refractivity contribution is 0.0986. The summed E-state index contributed by atoms with van der Waals surface area (Å²) in [6.45, 7) is 3.90. The molecule has 0 spiro atoms. The van der Waals surface area contributed by atoms with Crippen molar-refractivity contribution in [3.05, 3.63) is 54.0 Å². The van der Waals surface area contributed by atoms with E-state index < -0.39 is 10.0 Å². The zero-order valence-corrected chi connectivity index (χ0v) is 17.9. The number of carbonyl (C=O) groups is 1. The van der Waals surface area contributed by atoms with E-state index in [4.69, 9.17) is 4.42 Å². The van der Waals surface area contributed by atoms with Crippen molar-refractivity contribution in [2.24, 2.45) is 0 Å². The van der Waals surface area contributed by atoms with Gasteiger partial charge in [-0.05, 0) is 63.0 Å². The maximum absolute atomic E-state index is 12.8. The normalized spacial score (nSPS) is 19.3. The number of nitrogens with zero attached hydrogens (tertiary/aromatic N) is 2. The van der Waals surface area contributed by atoms with Gasteiger partial charge in [0.2, 0.25) is 10.0 Å². The third kappa shape index (κ3) is 4.67. The Morgan fingerprint density at radius 3 is 2.47 bits per heavy atom. The van der Waals surface area contributed by atoms with Gasteiger partial charge in [0.1, 0.15) is 5.76 Å². The van der Waals surface area contributed by atoms with Gasteiger partial charge in [-0.1, -0.05) is 12.1 Å². The van der Waals surface area contributed by atoms with Crippen LogP contribution in [0.15, 0.2) is 52.0 Å². The minimum atomic E-state index is -3.53. The van der Waals surface area contributed by atoms with Crippen LogP contribution >= 0.6 is 0 Å². The quantitative estimate of drug-likeness (QED) is 0.615. The molecule has 8 heteroatoms. The van der Waals surface area contributed by atoms with E-state index in [2.05, 4.69) is 10.2 Å². The van der Waals surface area contributed by atoms with Crippen LogP contribution in [0.1, 0.15) is 47.8 Å². The van der Waals surface area contributed by atoms with Crippen molar-refractivity contribution in [3.8, 4) is 0 Å². The first-order valence-electron chi connectivity index (χ1n) is 10.7. The fourth-order valence-corrected chi connectivity index (χ4v) is 5.84. The predicted molar refractivity (Wildman–Crippen MR) is 114 cm³/mol. The van der Waals surface area contributed by atoms with Crippen molar-refractivity contribution < 1.29 is 17.6 Å². The SMILES string of the molecule is O=C(CNCC(c1ccco1)N1CCCC1)c1cccc(S(=O)(=O)N2CCCC2)c1. The highest BCUT2D eigenvalue weighted by molar-refractivity contribution is 7.89. The lowest BCUT2D eigenvalue weighted by Gasteiger charge is -2.26. The molecule has 162 valence electrons. The minimum Gasteiger partial charge on any atom is -0.468 e. The average Bonchev–Trinajstić information content (AvgIpc) is 3.54. The smallest absolute Gasteiger partial charge is 0.243 e. The summed E-state index contributed by atoms with van der Waals surface area (Å²) in [6, 6.07) is 10.3. The molecule has 0 radical (unpaired) electrons. The van der Waals surface area contributed by atoms with Crippen LogP contribution < -0.4 is 5.32 Å². The third-order valence-electron chi connectivity index (χ3n) is 5.94. The first-order chi connectivity index (χ1) is 14.6. The molecular weight excluding hydrogens is 402 g/mol. The molecule has 30 heavy (non-hydrogen) atoms. The van der Waals surface area contributed by atoms with Gasteiger partial charge in [0.25, 0.3) is 0 Å². The Morgan fingerprint density at radius 2 is 1.77 bits per heavy atom. The van der Waals surface area contributed by atoms with Crippen LogP contribution in [0.2, 0.25) is 0 Å². The van der Waals surface area contributed by atoms with Gasteiger partial charge < -0.3 is 9.73 Å². The van der Waals surface area contributed by atoms with Gasteiger partial charge in [-0.3, -0.25) is 9.69 Å². The average molecular weight is 432 g/mol. The number of nitrogens with one attached hydrogen (secondary N) is 1. The van der Waals surface area contributed by atoms with E-state index in [0.717, 1.165) is 31.7 Å². The number of Topliss-reactive ketones (excluding diaryl/α,β-unsaturated/α-hetero) is 1. The fraction of sp³-hybridized carbons (Fsp3) is 0.500. The Bertz CT molecular complexity index is 947. The second-order valence-electron chi connectivity index (χ2n) is 7.97. The van der Waals surface area contributed by atoms with Crippen molar-refractivity contribution in [2.45, 2.75) is 36.6 Å². The van der Waals surface area contributed by atoms with Crippen LogP contribution in [0.5, 0.6) is 0 Å². The number of sulfonamides is 1. The van der Waals surface area contributed by atoms with Crippen molar-refractivity contribution in [3.63, 3.8) is 0 Å². The summed E-state index contributed by atoms with van der Waals surface area (Å²) >= 11 is 0. The second kappa shape index (κ2) is 9.43. The van der Waals surface area contributed by atoms with Crippen LogP contribution in [0, 0.1) is 0 Å². The first-order valence-corrected chi connectivity index (χ1v) is 12.1. The van der Waals surface area contributed by atoms with E-state index in [9.17, 15) is 13.2 Å². The van der Waals surface area contributed by atoms with Gasteiger partial charge in [0.15, 0.2) is 5.78 Å². The van der Waals surface area contributed by atoms with Crippen LogP contribution in [0.25, 0.3) is 0 Å². The molecule has 2 aliphatic heterocycles. The summed E-state index contributed by atoms with van der Waals surface area (Å²) in [5, 5.41) is 3.25. The molecule has 0 aliphatic carbocycles. The topological polar surface area (TPSA) is 82.9 Å². The number of ketones is 1. The molecule has 1 aromatic heterocycles. The molecule has 1 N–H and O–H groups in total. The number of benzene rings is 1. The number of likely N-dealkylation sites (tertiary alicyclic amines) is 1.